The van der Waals surface area contributed by atoms with Gasteiger partial charge in [-0.15, -0.1) is 12.4 Å². The number of hydrogen-bond acceptors (Lipinski definition) is 3. The number of halogens is 1. The summed E-state index contributed by atoms with van der Waals surface area (Å²) < 4.78 is 4.76. The Morgan fingerprint density at radius 2 is 1.88 bits per heavy atom. The first-order valence-electron chi connectivity index (χ1n) is 5.50. The van der Waals surface area contributed by atoms with Crippen molar-refractivity contribution in [1.82, 2.24) is 5.32 Å². The number of esters is 1. The molecular weight excluding hydrogens is 238 g/mol. The van der Waals surface area contributed by atoms with Crippen molar-refractivity contribution in [1.29, 1.82) is 0 Å². The molecular formula is C13H20ClNO2. The molecule has 0 fully saturated rings. The number of methoxy groups -OCH3 is 1. The van der Waals surface area contributed by atoms with Crippen molar-refractivity contribution < 1.29 is 9.53 Å². The molecule has 0 bridgehead atoms. The van der Waals surface area contributed by atoms with Gasteiger partial charge in [-0.3, -0.25) is 4.79 Å². The highest BCUT2D eigenvalue weighted by molar-refractivity contribution is 5.85. The van der Waals surface area contributed by atoms with Crippen LogP contribution < -0.4 is 5.32 Å². The number of nitrogens with one attached hydrogen (secondary N) is 1. The van der Waals surface area contributed by atoms with Gasteiger partial charge in [-0.05, 0) is 11.5 Å². The number of rotatable bonds is 5. The van der Waals surface area contributed by atoms with Gasteiger partial charge in [0.05, 0.1) is 7.11 Å². The van der Waals surface area contributed by atoms with Crippen LogP contribution in [0.5, 0.6) is 0 Å². The Morgan fingerprint density at radius 3 is 2.35 bits per heavy atom. The molecule has 1 aromatic carbocycles. The van der Waals surface area contributed by atoms with Crippen LogP contribution in [-0.2, 0) is 16.1 Å². The van der Waals surface area contributed by atoms with Gasteiger partial charge in [0.2, 0.25) is 0 Å². The number of hydrogen-bond donors (Lipinski definition) is 1. The molecule has 1 rings (SSSR count). The van der Waals surface area contributed by atoms with E-state index in [-0.39, 0.29) is 30.3 Å². The van der Waals surface area contributed by atoms with E-state index in [1.54, 1.807) is 0 Å². The molecule has 17 heavy (non-hydrogen) atoms. The lowest BCUT2D eigenvalue weighted by Crippen LogP contribution is -2.41. The van der Waals surface area contributed by atoms with Crippen LogP contribution in [0, 0.1) is 5.92 Å². The Labute approximate surface area is 109 Å². The first kappa shape index (κ1) is 15.9. The lowest BCUT2D eigenvalue weighted by molar-refractivity contribution is -0.144. The summed E-state index contributed by atoms with van der Waals surface area (Å²) in [6, 6.07) is 9.76. The first-order chi connectivity index (χ1) is 7.65. The van der Waals surface area contributed by atoms with Crippen molar-refractivity contribution in [2.45, 2.75) is 26.4 Å². The molecule has 96 valence electrons. The SMILES string of the molecule is COC(=O)[C@@H](NCc1ccccc1)C(C)C.Cl. The molecule has 4 heteroatoms. The van der Waals surface area contributed by atoms with Crippen LogP contribution >= 0.6 is 12.4 Å². The van der Waals surface area contributed by atoms with Gasteiger partial charge in [-0.2, -0.15) is 0 Å². The van der Waals surface area contributed by atoms with E-state index >= 15 is 0 Å². The molecule has 0 radical (unpaired) electrons. The van der Waals surface area contributed by atoms with E-state index in [1.165, 1.54) is 7.11 Å². The Bertz CT molecular complexity index is 327. The van der Waals surface area contributed by atoms with Gasteiger partial charge in [0.15, 0.2) is 0 Å². The zero-order chi connectivity index (χ0) is 12.0. The predicted octanol–water partition coefficient (Wildman–Crippen LogP) is 2.40. The van der Waals surface area contributed by atoms with Crippen molar-refractivity contribution in [3.8, 4) is 0 Å². The van der Waals surface area contributed by atoms with Crippen LogP contribution in [0.3, 0.4) is 0 Å². The smallest absolute Gasteiger partial charge is 0.323 e. The van der Waals surface area contributed by atoms with Crippen LogP contribution in [0.1, 0.15) is 19.4 Å². The minimum absolute atomic E-state index is 0. The minimum Gasteiger partial charge on any atom is -0.468 e. The summed E-state index contributed by atoms with van der Waals surface area (Å²) in [6.45, 7) is 4.68. The number of carbonyl (C=O) groups is 1. The Morgan fingerprint density at radius 1 is 1.29 bits per heavy atom. The van der Waals surface area contributed by atoms with E-state index < -0.39 is 0 Å². The Balaban J connectivity index is 0.00000256. The second kappa shape index (κ2) is 8.09. The van der Waals surface area contributed by atoms with Crippen molar-refractivity contribution in [2.75, 3.05) is 7.11 Å². The van der Waals surface area contributed by atoms with Gasteiger partial charge >= 0.3 is 5.97 Å². The predicted molar refractivity (Wildman–Crippen MR) is 71.2 cm³/mol. The summed E-state index contributed by atoms with van der Waals surface area (Å²) in [6.07, 6.45) is 0. The molecule has 0 saturated carbocycles. The molecule has 1 N–H and O–H groups in total. The maximum atomic E-state index is 11.5. The maximum Gasteiger partial charge on any atom is 0.323 e. The van der Waals surface area contributed by atoms with Gasteiger partial charge in [-0.1, -0.05) is 44.2 Å². The largest absolute Gasteiger partial charge is 0.468 e. The van der Waals surface area contributed by atoms with E-state index in [0.29, 0.717) is 6.54 Å². The standard InChI is InChI=1S/C13H19NO2.ClH/c1-10(2)12(13(15)16-3)14-9-11-7-5-4-6-8-11;/h4-8,10,12,14H,9H2,1-3H3;1H/t12-;/m0./s1. The second-order valence-corrected chi connectivity index (χ2v) is 4.11. The van der Waals surface area contributed by atoms with Crippen molar-refractivity contribution in [3.63, 3.8) is 0 Å². The van der Waals surface area contributed by atoms with E-state index in [4.69, 9.17) is 4.74 Å². The van der Waals surface area contributed by atoms with Crippen molar-refractivity contribution >= 4 is 18.4 Å². The van der Waals surface area contributed by atoms with Crippen LogP contribution in [0.15, 0.2) is 30.3 Å². The Hall–Kier alpha value is -1.06. The fraction of sp³-hybridized carbons (Fsp3) is 0.462. The van der Waals surface area contributed by atoms with Crippen LogP contribution in [-0.4, -0.2) is 19.1 Å². The Kier molecular flexibility index (Phi) is 7.59. The summed E-state index contributed by atoms with van der Waals surface area (Å²) in [4.78, 5) is 11.5. The quantitative estimate of drug-likeness (QED) is 0.824. The maximum absolute atomic E-state index is 11.5. The molecule has 0 amide bonds. The third-order valence-electron chi connectivity index (χ3n) is 2.49. The summed E-state index contributed by atoms with van der Waals surface area (Å²) in [5, 5.41) is 3.21. The van der Waals surface area contributed by atoms with E-state index in [0.717, 1.165) is 5.56 Å². The van der Waals surface area contributed by atoms with E-state index in [9.17, 15) is 4.79 Å². The summed E-state index contributed by atoms with van der Waals surface area (Å²) in [7, 11) is 1.42. The zero-order valence-corrected chi connectivity index (χ0v) is 11.3. The van der Waals surface area contributed by atoms with Crippen molar-refractivity contribution in [2.24, 2.45) is 5.92 Å². The lowest BCUT2D eigenvalue weighted by Gasteiger charge is -2.19. The fourth-order valence-corrected chi connectivity index (χ4v) is 1.54. The third-order valence-corrected chi connectivity index (χ3v) is 2.49. The summed E-state index contributed by atoms with van der Waals surface area (Å²) in [5.74, 6) is 0.0158. The van der Waals surface area contributed by atoms with Gasteiger partial charge in [-0.25, -0.2) is 0 Å². The second-order valence-electron chi connectivity index (χ2n) is 4.11. The average Bonchev–Trinajstić information content (AvgIpc) is 2.30. The molecule has 0 aliphatic heterocycles. The summed E-state index contributed by atoms with van der Waals surface area (Å²) in [5.41, 5.74) is 1.16. The fourth-order valence-electron chi connectivity index (χ4n) is 1.54. The normalized spacial score (nSPS) is 11.8. The molecule has 1 atom stereocenters. The first-order valence-corrected chi connectivity index (χ1v) is 5.50. The van der Waals surface area contributed by atoms with Crippen LogP contribution in [0.4, 0.5) is 0 Å². The highest BCUT2D eigenvalue weighted by Crippen LogP contribution is 2.05. The molecule has 0 aliphatic carbocycles. The average molecular weight is 258 g/mol. The number of ether oxygens (including phenoxy) is 1. The summed E-state index contributed by atoms with van der Waals surface area (Å²) >= 11 is 0. The minimum atomic E-state index is -0.245. The molecule has 0 spiro atoms. The monoisotopic (exact) mass is 257 g/mol. The number of carbonyl (C=O) groups excluding carboxylic acids is 1. The number of benzene rings is 1. The van der Waals surface area contributed by atoms with E-state index in [1.807, 2.05) is 44.2 Å². The molecule has 0 heterocycles. The van der Waals surface area contributed by atoms with Crippen LogP contribution in [0.25, 0.3) is 0 Å². The van der Waals surface area contributed by atoms with Gasteiger partial charge in [0.25, 0.3) is 0 Å². The molecule has 0 saturated heterocycles. The van der Waals surface area contributed by atoms with Gasteiger partial charge < -0.3 is 10.1 Å². The third kappa shape index (κ3) is 5.20. The highest BCUT2D eigenvalue weighted by atomic mass is 35.5. The van der Waals surface area contributed by atoms with Gasteiger partial charge in [0, 0.05) is 6.54 Å². The molecule has 0 aromatic heterocycles. The molecule has 0 aliphatic rings. The zero-order valence-electron chi connectivity index (χ0n) is 10.5. The molecule has 3 nitrogen and oxygen atoms in total. The van der Waals surface area contributed by atoms with Gasteiger partial charge in [0.1, 0.15) is 6.04 Å². The van der Waals surface area contributed by atoms with E-state index in [2.05, 4.69) is 5.32 Å². The van der Waals surface area contributed by atoms with Crippen molar-refractivity contribution in [3.05, 3.63) is 35.9 Å². The molecule has 1 aromatic rings. The highest BCUT2D eigenvalue weighted by Gasteiger charge is 2.21. The lowest BCUT2D eigenvalue weighted by atomic mass is 10.0. The topological polar surface area (TPSA) is 38.3 Å². The van der Waals surface area contributed by atoms with Crippen LogP contribution in [0.2, 0.25) is 0 Å². The molecule has 0 unspecified atom stereocenters.